The first-order valence-corrected chi connectivity index (χ1v) is 19.7. The second-order valence-corrected chi connectivity index (χ2v) is 15.2. The maximum absolute atomic E-state index is 6.73. The van der Waals surface area contributed by atoms with Gasteiger partial charge >= 0.3 is 0 Å². The minimum absolute atomic E-state index is 0.589. The van der Waals surface area contributed by atoms with Gasteiger partial charge in [0.05, 0.1) is 0 Å². The van der Waals surface area contributed by atoms with Gasteiger partial charge in [-0.15, -0.1) is 0 Å². The van der Waals surface area contributed by atoms with Crippen LogP contribution in [0.3, 0.4) is 0 Å². The highest BCUT2D eigenvalue weighted by Crippen LogP contribution is 2.48. The second-order valence-electron chi connectivity index (χ2n) is 15.2. The molecule has 4 nitrogen and oxygen atoms in total. The topological polar surface area (TPSA) is 47.9 Å². The van der Waals surface area contributed by atoms with Crippen LogP contribution < -0.4 is 4.74 Å². The highest BCUT2D eigenvalue weighted by molar-refractivity contribution is 5.86. The number of rotatable bonds is 7. The Balaban J connectivity index is 1.25. The van der Waals surface area contributed by atoms with Gasteiger partial charge in [0.1, 0.15) is 11.4 Å². The predicted molar refractivity (Wildman–Crippen MR) is 237 cm³/mol. The maximum Gasteiger partial charge on any atom is 0.164 e. The molecule has 1 aromatic heterocycles. The number of hydrogen-bond donors (Lipinski definition) is 0. The predicted octanol–water partition coefficient (Wildman–Crippen LogP) is 13.8. The molecule has 276 valence electrons. The Kier molecular flexibility index (Phi) is 8.80. The summed E-state index contributed by atoms with van der Waals surface area (Å²) >= 11 is 0. The van der Waals surface area contributed by atoms with Crippen LogP contribution in [-0.4, -0.2) is 15.0 Å². The molecule has 0 saturated carbocycles. The molecule has 2 heterocycles. The Morgan fingerprint density at radius 2 is 0.655 bits per heavy atom. The van der Waals surface area contributed by atoms with E-state index in [1.165, 1.54) is 0 Å². The van der Waals surface area contributed by atoms with E-state index in [2.05, 4.69) is 178 Å². The van der Waals surface area contributed by atoms with Gasteiger partial charge in [-0.3, -0.25) is 0 Å². The lowest BCUT2D eigenvalue weighted by molar-refractivity contribution is 0.106. The lowest BCUT2D eigenvalue weighted by Crippen LogP contribution is -2.30. The summed E-state index contributed by atoms with van der Waals surface area (Å²) in [7, 11) is 0. The monoisotopic (exact) mass is 745 g/mol. The smallest absolute Gasteiger partial charge is 0.164 e. The summed E-state index contributed by atoms with van der Waals surface area (Å²) < 4.78 is 6.73. The van der Waals surface area contributed by atoms with E-state index in [1.807, 2.05) is 36.4 Å². The Morgan fingerprint density at radius 1 is 0.310 bits per heavy atom. The highest BCUT2D eigenvalue weighted by Gasteiger charge is 2.36. The van der Waals surface area contributed by atoms with Gasteiger partial charge in [0.15, 0.2) is 17.5 Å². The molecule has 4 heteroatoms. The van der Waals surface area contributed by atoms with Crippen molar-refractivity contribution in [2.75, 3.05) is 0 Å². The SMILES string of the molecule is CC1(C)Oc2ccccc2-c2cccc(-c3nc(-c4cc(-c5ccccc5)cc(-c5ccccc5)c4)nc(-c4cc(-c5ccccc5)cc(-c5ccccc5)c4)n3)c21. The summed E-state index contributed by atoms with van der Waals surface area (Å²) in [4.78, 5) is 16.1. The molecule has 0 saturated heterocycles. The molecule has 1 aliphatic rings. The summed E-state index contributed by atoms with van der Waals surface area (Å²) in [5, 5.41) is 0. The zero-order chi connectivity index (χ0) is 39.1. The van der Waals surface area contributed by atoms with Gasteiger partial charge in [0.2, 0.25) is 0 Å². The molecular weight excluding hydrogens is 707 g/mol. The van der Waals surface area contributed by atoms with Crippen LogP contribution in [0.25, 0.3) is 89.8 Å². The van der Waals surface area contributed by atoms with Crippen molar-refractivity contribution in [1.82, 2.24) is 15.0 Å². The van der Waals surface area contributed by atoms with E-state index in [0.29, 0.717) is 17.5 Å². The molecule has 0 fully saturated rings. The average molecular weight is 746 g/mol. The Hall–Kier alpha value is -7.43. The molecule has 9 aromatic rings. The third kappa shape index (κ3) is 6.65. The summed E-state index contributed by atoms with van der Waals surface area (Å²) in [6.07, 6.45) is 0. The van der Waals surface area contributed by atoms with E-state index in [1.54, 1.807) is 0 Å². The number of para-hydroxylation sites is 1. The summed E-state index contributed by atoms with van der Waals surface area (Å²) in [5.41, 5.74) is 14.1. The number of benzene rings is 8. The third-order valence-corrected chi connectivity index (χ3v) is 10.9. The quantitative estimate of drug-likeness (QED) is 0.163. The summed E-state index contributed by atoms with van der Waals surface area (Å²) in [5.74, 6) is 2.64. The van der Waals surface area contributed by atoms with Crippen molar-refractivity contribution in [3.63, 3.8) is 0 Å². The number of fused-ring (bicyclic) bond motifs is 3. The van der Waals surface area contributed by atoms with Crippen LogP contribution in [0.2, 0.25) is 0 Å². The first-order chi connectivity index (χ1) is 28.5. The van der Waals surface area contributed by atoms with Crippen molar-refractivity contribution in [2.45, 2.75) is 19.4 Å². The molecule has 8 aromatic carbocycles. The van der Waals surface area contributed by atoms with Gasteiger partial charge < -0.3 is 4.74 Å². The normalized spacial score (nSPS) is 12.6. The van der Waals surface area contributed by atoms with Crippen molar-refractivity contribution >= 4 is 0 Å². The fourth-order valence-electron chi connectivity index (χ4n) is 8.17. The molecule has 0 aliphatic carbocycles. The maximum atomic E-state index is 6.73. The van der Waals surface area contributed by atoms with E-state index in [-0.39, 0.29) is 0 Å². The van der Waals surface area contributed by atoms with E-state index < -0.39 is 5.60 Å². The van der Waals surface area contributed by atoms with E-state index in [0.717, 1.165) is 83.6 Å². The minimum atomic E-state index is -0.658. The van der Waals surface area contributed by atoms with Crippen molar-refractivity contribution in [3.05, 3.63) is 206 Å². The molecule has 0 amide bonds. The lowest BCUT2D eigenvalue weighted by Gasteiger charge is -2.36. The van der Waals surface area contributed by atoms with E-state index in [4.69, 9.17) is 19.7 Å². The molecule has 10 rings (SSSR count). The average Bonchev–Trinajstić information content (AvgIpc) is 3.29. The van der Waals surface area contributed by atoms with E-state index >= 15 is 0 Å². The number of aromatic nitrogens is 3. The van der Waals surface area contributed by atoms with Gasteiger partial charge in [-0.2, -0.15) is 0 Å². The Labute approximate surface area is 339 Å². The zero-order valence-electron chi connectivity index (χ0n) is 32.3. The molecule has 58 heavy (non-hydrogen) atoms. The number of hydrogen-bond acceptors (Lipinski definition) is 4. The van der Waals surface area contributed by atoms with Gasteiger partial charge in [0, 0.05) is 27.8 Å². The fourth-order valence-corrected chi connectivity index (χ4v) is 8.17. The fraction of sp³-hybridized carbons (Fsp3) is 0.0556. The number of nitrogens with zero attached hydrogens (tertiary/aromatic N) is 3. The first kappa shape index (κ1) is 35.0. The third-order valence-electron chi connectivity index (χ3n) is 10.9. The summed E-state index contributed by atoms with van der Waals surface area (Å²) in [6, 6.07) is 69.9. The standard InChI is InChI=1S/C54H39N3O/c1-54(2)50-47(46-26-15-16-29-49(46)58-54)27-17-28-48(50)53-56-51(44-32-40(36-18-7-3-8-19-36)30-41(33-44)37-20-9-4-10-21-37)55-52(57-53)45-34-42(38-22-11-5-12-23-38)31-43(35-45)39-24-13-6-14-25-39/h3-35H,1-2H3. The van der Waals surface area contributed by atoms with Crippen molar-refractivity contribution in [2.24, 2.45) is 0 Å². The molecule has 0 unspecified atom stereocenters. The molecule has 0 N–H and O–H groups in total. The van der Waals surface area contributed by atoms with Crippen LogP contribution in [0.1, 0.15) is 19.4 Å². The van der Waals surface area contributed by atoms with Crippen LogP contribution in [0, 0.1) is 0 Å². The highest BCUT2D eigenvalue weighted by atomic mass is 16.5. The van der Waals surface area contributed by atoms with Crippen LogP contribution in [-0.2, 0) is 5.60 Å². The molecule has 0 radical (unpaired) electrons. The van der Waals surface area contributed by atoms with E-state index in [9.17, 15) is 0 Å². The van der Waals surface area contributed by atoms with Gasteiger partial charge in [-0.05, 0) is 106 Å². The van der Waals surface area contributed by atoms with Crippen LogP contribution in [0.15, 0.2) is 200 Å². The number of ether oxygens (including phenoxy) is 1. The molecule has 1 aliphatic heterocycles. The van der Waals surface area contributed by atoms with Gasteiger partial charge in [-0.1, -0.05) is 158 Å². The van der Waals surface area contributed by atoms with Crippen LogP contribution >= 0.6 is 0 Å². The zero-order valence-corrected chi connectivity index (χ0v) is 32.3. The van der Waals surface area contributed by atoms with Crippen molar-refractivity contribution in [3.8, 4) is 95.5 Å². The molecular formula is C54H39N3O. The molecule has 0 spiro atoms. The second kappa shape index (κ2) is 14.6. The molecule has 0 atom stereocenters. The van der Waals surface area contributed by atoms with Gasteiger partial charge in [0.25, 0.3) is 0 Å². The largest absolute Gasteiger partial charge is 0.482 e. The first-order valence-electron chi connectivity index (χ1n) is 19.7. The lowest BCUT2D eigenvalue weighted by atomic mass is 9.82. The van der Waals surface area contributed by atoms with Crippen LogP contribution in [0.5, 0.6) is 5.75 Å². The summed E-state index contributed by atoms with van der Waals surface area (Å²) in [6.45, 7) is 4.25. The Morgan fingerprint density at radius 3 is 1.10 bits per heavy atom. The van der Waals surface area contributed by atoms with Crippen LogP contribution in [0.4, 0.5) is 0 Å². The van der Waals surface area contributed by atoms with Crippen molar-refractivity contribution in [1.29, 1.82) is 0 Å². The molecule has 0 bridgehead atoms. The van der Waals surface area contributed by atoms with Gasteiger partial charge in [-0.25, -0.2) is 15.0 Å². The Bertz CT molecular complexity index is 2670. The van der Waals surface area contributed by atoms with Crippen molar-refractivity contribution < 1.29 is 4.74 Å². The minimum Gasteiger partial charge on any atom is -0.482 e.